The minimum atomic E-state index is 0.107. The molecular formula is C16H28N2O. The third kappa shape index (κ3) is 2.54. The maximum absolute atomic E-state index is 12.8. The molecule has 3 heteroatoms. The van der Waals surface area contributed by atoms with Crippen LogP contribution in [0.3, 0.4) is 0 Å². The van der Waals surface area contributed by atoms with Crippen LogP contribution in [-0.2, 0) is 4.79 Å². The quantitative estimate of drug-likeness (QED) is 0.790. The van der Waals surface area contributed by atoms with Gasteiger partial charge in [-0.3, -0.25) is 4.79 Å². The Morgan fingerprint density at radius 2 is 1.68 bits per heavy atom. The van der Waals surface area contributed by atoms with Crippen molar-refractivity contribution in [3.8, 4) is 0 Å². The smallest absolute Gasteiger partial charge is 0.240 e. The van der Waals surface area contributed by atoms with E-state index in [1.165, 1.54) is 44.9 Å². The molecule has 2 saturated heterocycles. The van der Waals surface area contributed by atoms with Crippen molar-refractivity contribution in [3.63, 3.8) is 0 Å². The number of carbonyl (C=O) groups is 1. The molecule has 1 amide bonds. The molecule has 3 rings (SSSR count). The van der Waals surface area contributed by atoms with Crippen molar-refractivity contribution >= 4 is 5.91 Å². The van der Waals surface area contributed by atoms with Crippen LogP contribution in [0.25, 0.3) is 0 Å². The molecule has 0 aromatic rings. The number of fused-ring (bicyclic) bond motifs is 1. The highest BCUT2D eigenvalue weighted by Gasteiger charge is 2.41. The maximum Gasteiger partial charge on any atom is 0.240 e. The summed E-state index contributed by atoms with van der Waals surface area (Å²) in [4.78, 5) is 15.0. The Kier molecular flexibility index (Phi) is 3.84. The third-order valence-corrected chi connectivity index (χ3v) is 5.61. The van der Waals surface area contributed by atoms with E-state index in [0.29, 0.717) is 24.0 Å². The number of likely N-dealkylation sites (tertiary alicyclic amines) is 1. The first kappa shape index (κ1) is 13.4. The zero-order valence-electron chi connectivity index (χ0n) is 12.4. The fourth-order valence-electron chi connectivity index (χ4n) is 4.55. The van der Waals surface area contributed by atoms with E-state index in [1.54, 1.807) is 0 Å². The average molecular weight is 264 g/mol. The van der Waals surface area contributed by atoms with Crippen molar-refractivity contribution < 1.29 is 4.79 Å². The molecular weight excluding hydrogens is 236 g/mol. The average Bonchev–Trinajstić information content (AvgIpc) is 2.82. The first-order chi connectivity index (χ1) is 9.16. The van der Waals surface area contributed by atoms with Gasteiger partial charge in [-0.2, -0.15) is 0 Å². The number of hydrogen-bond donors (Lipinski definition) is 1. The van der Waals surface area contributed by atoms with Crippen LogP contribution in [0.4, 0.5) is 0 Å². The van der Waals surface area contributed by atoms with Gasteiger partial charge in [-0.15, -0.1) is 0 Å². The monoisotopic (exact) mass is 264 g/mol. The fraction of sp³-hybridized carbons (Fsp3) is 0.938. The molecule has 108 valence electrons. The number of carbonyl (C=O) groups excluding carboxylic acids is 1. The lowest BCUT2D eigenvalue weighted by molar-refractivity contribution is -0.139. The Morgan fingerprint density at radius 1 is 1.00 bits per heavy atom. The van der Waals surface area contributed by atoms with Crippen molar-refractivity contribution in [2.24, 2.45) is 5.92 Å². The molecule has 0 bridgehead atoms. The van der Waals surface area contributed by atoms with Gasteiger partial charge >= 0.3 is 0 Å². The Hall–Kier alpha value is -0.570. The Balaban J connectivity index is 1.66. The number of nitrogens with zero attached hydrogens (tertiary/aromatic N) is 1. The van der Waals surface area contributed by atoms with Crippen LogP contribution in [0.15, 0.2) is 0 Å². The van der Waals surface area contributed by atoms with Crippen LogP contribution in [0.1, 0.15) is 65.2 Å². The van der Waals surface area contributed by atoms with E-state index < -0.39 is 0 Å². The van der Waals surface area contributed by atoms with E-state index in [1.807, 2.05) is 0 Å². The second-order valence-electron chi connectivity index (χ2n) is 6.98. The lowest BCUT2D eigenvalue weighted by atomic mass is 9.85. The second kappa shape index (κ2) is 5.43. The normalized spacial score (nSPS) is 43.1. The van der Waals surface area contributed by atoms with Gasteiger partial charge in [0, 0.05) is 18.1 Å². The summed E-state index contributed by atoms with van der Waals surface area (Å²) < 4.78 is 0. The largest absolute Gasteiger partial charge is 0.336 e. The lowest BCUT2D eigenvalue weighted by Crippen LogP contribution is -2.54. The second-order valence-corrected chi connectivity index (χ2v) is 6.98. The van der Waals surface area contributed by atoms with Gasteiger partial charge < -0.3 is 10.2 Å². The van der Waals surface area contributed by atoms with Gasteiger partial charge in [0.2, 0.25) is 5.91 Å². The van der Waals surface area contributed by atoms with Crippen LogP contribution in [0, 0.1) is 5.92 Å². The summed E-state index contributed by atoms with van der Waals surface area (Å²) >= 11 is 0. The Morgan fingerprint density at radius 3 is 2.37 bits per heavy atom. The predicted molar refractivity (Wildman–Crippen MR) is 76.9 cm³/mol. The van der Waals surface area contributed by atoms with Gasteiger partial charge in [0.25, 0.3) is 0 Å². The van der Waals surface area contributed by atoms with Crippen molar-refractivity contribution in [1.29, 1.82) is 0 Å². The van der Waals surface area contributed by atoms with Gasteiger partial charge in [-0.1, -0.05) is 12.8 Å². The predicted octanol–water partition coefficient (Wildman–Crippen LogP) is 2.70. The Labute approximate surface area is 117 Å². The van der Waals surface area contributed by atoms with Crippen molar-refractivity contribution in [2.45, 2.75) is 89.4 Å². The van der Waals surface area contributed by atoms with E-state index in [2.05, 4.69) is 24.1 Å². The molecule has 3 fully saturated rings. The molecule has 19 heavy (non-hydrogen) atoms. The SMILES string of the molecule is CC1CCCC(C)N1C(=O)C1CC2CCCCC2N1. The van der Waals surface area contributed by atoms with Gasteiger partial charge in [0.15, 0.2) is 0 Å². The molecule has 1 N–H and O–H groups in total. The highest BCUT2D eigenvalue weighted by Crippen LogP contribution is 2.34. The summed E-state index contributed by atoms with van der Waals surface area (Å²) in [6.45, 7) is 4.44. The molecule has 0 aromatic heterocycles. The number of hydrogen-bond acceptors (Lipinski definition) is 2. The summed E-state index contributed by atoms with van der Waals surface area (Å²) in [5, 5.41) is 3.64. The number of amides is 1. The molecule has 3 aliphatic rings. The number of rotatable bonds is 1. The molecule has 1 saturated carbocycles. The van der Waals surface area contributed by atoms with Gasteiger partial charge in [-0.25, -0.2) is 0 Å². The molecule has 5 atom stereocenters. The van der Waals surface area contributed by atoms with Gasteiger partial charge in [0.1, 0.15) is 0 Å². The highest BCUT2D eigenvalue weighted by molar-refractivity contribution is 5.83. The number of piperidine rings is 1. The minimum Gasteiger partial charge on any atom is -0.336 e. The molecule has 0 aromatic carbocycles. The topological polar surface area (TPSA) is 32.3 Å². The zero-order chi connectivity index (χ0) is 13.4. The molecule has 2 aliphatic heterocycles. The summed E-state index contributed by atoms with van der Waals surface area (Å²) in [6, 6.07) is 1.59. The Bertz CT molecular complexity index is 320. The molecule has 2 heterocycles. The van der Waals surface area contributed by atoms with Crippen LogP contribution in [-0.4, -0.2) is 35.0 Å². The van der Waals surface area contributed by atoms with Crippen molar-refractivity contribution in [1.82, 2.24) is 10.2 Å². The van der Waals surface area contributed by atoms with E-state index in [4.69, 9.17) is 0 Å². The van der Waals surface area contributed by atoms with Gasteiger partial charge in [0.05, 0.1) is 6.04 Å². The van der Waals surface area contributed by atoms with Crippen LogP contribution in [0.5, 0.6) is 0 Å². The van der Waals surface area contributed by atoms with Gasteiger partial charge in [-0.05, 0) is 58.3 Å². The fourth-order valence-corrected chi connectivity index (χ4v) is 4.55. The van der Waals surface area contributed by atoms with Crippen LogP contribution < -0.4 is 5.32 Å². The maximum atomic E-state index is 12.8. The van der Waals surface area contributed by atoms with Crippen molar-refractivity contribution in [3.05, 3.63) is 0 Å². The lowest BCUT2D eigenvalue weighted by Gasteiger charge is -2.40. The first-order valence-corrected chi connectivity index (χ1v) is 8.25. The molecule has 5 unspecified atom stereocenters. The van der Waals surface area contributed by atoms with Crippen LogP contribution >= 0.6 is 0 Å². The summed E-state index contributed by atoms with van der Waals surface area (Å²) in [7, 11) is 0. The summed E-state index contributed by atoms with van der Waals surface area (Å²) in [6.07, 6.45) is 10.0. The summed E-state index contributed by atoms with van der Waals surface area (Å²) in [5.74, 6) is 1.15. The minimum absolute atomic E-state index is 0.107. The third-order valence-electron chi connectivity index (χ3n) is 5.61. The zero-order valence-corrected chi connectivity index (χ0v) is 12.4. The van der Waals surface area contributed by atoms with E-state index in [9.17, 15) is 4.79 Å². The van der Waals surface area contributed by atoms with E-state index in [0.717, 1.165) is 12.3 Å². The molecule has 3 nitrogen and oxygen atoms in total. The molecule has 0 spiro atoms. The number of nitrogens with one attached hydrogen (secondary N) is 1. The first-order valence-electron chi connectivity index (χ1n) is 8.25. The van der Waals surface area contributed by atoms with E-state index in [-0.39, 0.29) is 6.04 Å². The van der Waals surface area contributed by atoms with Crippen molar-refractivity contribution in [2.75, 3.05) is 0 Å². The van der Waals surface area contributed by atoms with E-state index >= 15 is 0 Å². The standard InChI is InChI=1S/C16H28N2O/c1-11-6-5-7-12(2)18(11)16(19)15-10-13-8-3-4-9-14(13)17-15/h11-15,17H,3-10H2,1-2H3. The van der Waals surface area contributed by atoms with Crippen LogP contribution in [0.2, 0.25) is 0 Å². The summed E-state index contributed by atoms with van der Waals surface area (Å²) in [5.41, 5.74) is 0. The highest BCUT2D eigenvalue weighted by atomic mass is 16.2. The molecule has 0 radical (unpaired) electrons. The molecule has 1 aliphatic carbocycles.